The molecule has 0 aliphatic rings. The topological polar surface area (TPSA) is 68.3 Å². The molecule has 3 rings (SSSR count). The second kappa shape index (κ2) is 7.72. The van der Waals surface area contributed by atoms with Gasteiger partial charge in [0.2, 0.25) is 0 Å². The number of hydrogen-bond donors (Lipinski definition) is 1. The second-order valence-corrected chi connectivity index (χ2v) is 6.42. The Morgan fingerprint density at radius 3 is 2.65 bits per heavy atom. The zero-order valence-corrected chi connectivity index (χ0v) is 15.3. The molecule has 0 aliphatic carbocycles. The Bertz CT molecular complexity index is 1010. The number of aryl methyl sites for hydroxylation is 1. The van der Waals surface area contributed by atoms with Gasteiger partial charge in [-0.05, 0) is 37.3 Å². The van der Waals surface area contributed by atoms with E-state index in [9.17, 15) is 9.59 Å². The summed E-state index contributed by atoms with van der Waals surface area (Å²) in [6.45, 7) is 1.35. The summed E-state index contributed by atoms with van der Waals surface area (Å²) in [7, 11) is 0. The molecule has 5 nitrogen and oxygen atoms in total. The number of amides is 1. The van der Waals surface area contributed by atoms with Gasteiger partial charge in [0, 0.05) is 16.1 Å². The molecular weight excluding hydrogens is 375 g/mol. The van der Waals surface area contributed by atoms with Gasteiger partial charge in [-0.3, -0.25) is 9.78 Å². The van der Waals surface area contributed by atoms with E-state index in [0.29, 0.717) is 37.9 Å². The number of halogens is 2. The molecule has 132 valence electrons. The molecule has 1 heterocycles. The maximum absolute atomic E-state index is 12.4. The first-order valence-electron chi connectivity index (χ1n) is 7.72. The first-order valence-corrected chi connectivity index (χ1v) is 8.48. The molecule has 2 aromatic carbocycles. The number of nitrogens with one attached hydrogen (secondary N) is 1. The Labute approximate surface area is 159 Å². The molecule has 7 heteroatoms. The van der Waals surface area contributed by atoms with Crippen LogP contribution in [-0.2, 0) is 9.53 Å². The van der Waals surface area contributed by atoms with Crippen LogP contribution < -0.4 is 5.32 Å². The number of nitrogens with zero attached hydrogens (tertiary/aromatic N) is 1. The zero-order valence-electron chi connectivity index (χ0n) is 13.8. The Morgan fingerprint density at radius 1 is 1.12 bits per heavy atom. The van der Waals surface area contributed by atoms with Crippen molar-refractivity contribution in [1.82, 2.24) is 4.98 Å². The molecule has 0 saturated carbocycles. The van der Waals surface area contributed by atoms with Crippen molar-refractivity contribution in [2.45, 2.75) is 6.92 Å². The van der Waals surface area contributed by atoms with Gasteiger partial charge in [-0.25, -0.2) is 4.79 Å². The number of carbonyl (C=O) groups excluding carboxylic acids is 2. The van der Waals surface area contributed by atoms with Crippen LogP contribution in [0.25, 0.3) is 10.9 Å². The third kappa shape index (κ3) is 4.12. The molecule has 1 N–H and O–H groups in total. The van der Waals surface area contributed by atoms with E-state index in [2.05, 4.69) is 10.3 Å². The smallest absolute Gasteiger partial charge is 0.339 e. The summed E-state index contributed by atoms with van der Waals surface area (Å²) in [4.78, 5) is 28.8. The van der Waals surface area contributed by atoms with Gasteiger partial charge in [-0.1, -0.05) is 41.4 Å². The standard InChI is InChI=1S/C19H14Cl2N2O3/c1-11-8-14(13-4-2-3-5-16(13)22-11)19(25)26-10-18(24)23-17-7-6-12(20)9-15(17)21/h2-9H,10H2,1H3,(H,23,24). The van der Waals surface area contributed by atoms with Crippen LogP contribution in [0.1, 0.15) is 16.1 Å². The van der Waals surface area contributed by atoms with Crippen molar-refractivity contribution in [1.29, 1.82) is 0 Å². The van der Waals surface area contributed by atoms with Gasteiger partial charge in [-0.15, -0.1) is 0 Å². The van der Waals surface area contributed by atoms with Crippen LogP contribution in [0.3, 0.4) is 0 Å². The van der Waals surface area contributed by atoms with E-state index in [4.69, 9.17) is 27.9 Å². The molecule has 0 saturated heterocycles. The molecule has 1 amide bonds. The van der Waals surface area contributed by atoms with Crippen molar-refractivity contribution in [3.05, 3.63) is 69.8 Å². The number of para-hydroxylation sites is 1. The average molecular weight is 389 g/mol. The summed E-state index contributed by atoms with van der Waals surface area (Å²) in [5, 5.41) is 4.00. The van der Waals surface area contributed by atoms with Gasteiger partial charge in [0.1, 0.15) is 0 Å². The summed E-state index contributed by atoms with van der Waals surface area (Å²) in [6, 6.07) is 13.6. The lowest BCUT2D eigenvalue weighted by Gasteiger charge is -2.10. The molecule has 0 aliphatic heterocycles. The van der Waals surface area contributed by atoms with Crippen LogP contribution in [0.2, 0.25) is 10.0 Å². The first-order chi connectivity index (χ1) is 12.4. The van der Waals surface area contributed by atoms with E-state index in [1.165, 1.54) is 6.07 Å². The minimum Gasteiger partial charge on any atom is -0.452 e. The fourth-order valence-corrected chi connectivity index (χ4v) is 2.92. The zero-order chi connectivity index (χ0) is 18.7. The number of benzene rings is 2. The monoisotopic (exact) mass is 388 g/mol. The minimum absolute atomic E-state index is 0.299. The molecule has 1 aromatic heterocycles. The Morgan fingerprint density at radius 2 is 1.88 bits per heavy atom. The van der Waals surface area contributed by atoms with Crippen LogP contribution in [-0.4, -0.2) is 23.5 Å². The van der Waals surface area contributed by atoms with Gasteiger partial charge in [-0.2, -0.15) is 0 Å². The van der Waals surface area contributed by atoms with Gasteiger partial charge in [0.25, 0.3) is 5.91 Å². The van der Waals surface area contributed by atoms with E-state index in [0.717, 1.165) is 0 Å². The predicted molar refractivity (Wildman–Crippen MR) is 102 cm³/mol. The van der Waals surface area contributed by atoms with Gasteiger partial charge in [0.15, 0.2) is 6.61 Å². The van der Waals surface area contributed by atoms with Gasteiger partial charge >= 0.3 is 5.97 Å². The molecule has 0 fully saturated rings. The normalized spacial score (nSPS) is 10.6. The van der Waals surface area contributed by atoms with Crippen molar-refractivity contribution in [2.75, 3.05) is 11.9 Å². The van der Waals surface area contributed by atoms with Crippen molar-refractivity contribution in [2.24, 2.45) is 0 Å². The molecular formula is C19H14Cl2N2O3. The highest BCUT2D eigenvalue weighted by molar-refractivity contribution is 6.36. The highest BCUT2D eigenvalue weighted by atomic mass is 35.5. The lowest BCUT2D eigenvalue weighted by atomic mass is 10.1. The number of ether oxygens (including phenoxy) is 1. The molecule has 26 heavy (non-hydrogen) atoms. The molecule has 0 radical (unpaired) electrons. The Balaban J connectivity index is 1.70. The van der Waals surface area contributed by atoms with E-state index >= 15 is 0 Å². The van der Waals surface area contributed by atoms with Crippen molar-refractivity contribution < 1.29 is 14.3 Å². The van der Waals surface area contributed by atoms with Crippen LogP contribution in [0.5, 0.6) is 0 Å². The SMILES string of the molecule is Cc1cc(C(=O)OCC(=O)Nc2ccc(Cl)cc2Cl)c2ccccc2n1. The minimum atomic E-state index is -0.593. The fraction of sp³-hybridized carbons (Fsp3) is 0.105. The first kappa shape index (κ1) is 18.2. The molecule has 3 aromatic rings. The van der Waals surface area contributed by atoms with Crippen LogP contribution in [0.4, 0.5) is 5.69 Å². The summed E-state index contributed by atoms with van der Waals surface area (Å²) in [6.07, 6.45) is 0. The molecule has 0 atom stereocenters. The van der Waals surface area contributed by atoms with Crippen molar-refractivity contribution >= 4 is 51.7 Å². The van der Waals surface area contributed by atoms with E-state index in [-0.39, 0.29) is 0 Å². The fourth-order valence-electron chi connectivity index (χ4n) is 2.46. The Kier molecular flexibility index (Phi) is 5.40. The van der Waals surface area contributed by atoms with E-state index < -0.39 is 18.5 Å². The Hall–Kier alpha value is -2.63. The number of rotatable bonds is 4. The lowest BCUT2D eigenvalue weighted by molar-refractivity contribution is -0.119. The van der Waals surface area contributed by atoms with Crippen LogP contribution >= 0.6 is 23.2 Å². The summed E-state index contributed by atoms with van der Waals surface area (Å²) in [5.74, 6) is -1.10. The number of pyridine rings is 1. The maximum atomic E-state index is 12.4. The number of esters is 1. The average Bonchev–Trinajstić information content (AvgIpc) is 2.61. The number of anilines is 1. The summed E-state index contributed by atoms with van der Waals surface area (Å²) < 4.78 is 5.14. The highest BCUT2D eigenvalue weighted by Gasteiger charge is 2.15. The lowest BCUT2D eigenvalue weighted by Crippen LogP contribution is -2.21. The van der Waals surface area contributed by atoms with Crippen LogP contribution in [0.15, 0.2) is 48.5 Å². The molecule has 0 spiro atoms. The quantitative estimate of drug-likeness (QED) is 0.660. The summed E-state index contributed by atoms with van der Waals surface area (Å²) >= 11 is 11.8. The number of aromatic nitrogens is 1. The number of carbonyl (C=O) groups is 2. The number of hydrogen-bond acceptors (Lipinski definition) is 4. The van der Waals surface area contributed by atoms with Gasteiger partial charge in [0.05, 0.1) is 21.8 Å². The van der Waals surface area contributed by atoms with Crippen LogP contribution in [0, 0.1) is 6.92 Å². The largest absolute Gasteiger partial charge is 0.452 e. The highest BCUT2D eigenvalue weighted by Crippen LogP contribution is 2.25. The van der Waals surface area contributed by atoms with Gasteiger partial charge < -0.3 is 10.1 Å². The second-order valence-electron chi connectivity index (χ2n) is 5.58. The summed E-state index contributed by atoms with van der Waals surface area (Å²) in [5.41, 5.74) is 2.14. The molecule has 0 unspecified atom stereocenters. The molecule has 0 bridgehead atoms. The van der Waals surface area contributed by atoms with E-state index in [1.54, 1.807) is 31.2 Å². The third-order valence-corrected chi connectivity index (χ3v) is 4.15. The van der Waals surface area contributed by atoms with E-state index in [1.807, 2.05) is 18.2 Å². The van der Waals surface area contributed by atoms with Crippen molar-refractivity contribution in [3.8, 4) is 0 Å². The predicted octanol–water partition coefficient (Wildman–Crippen LogP) is 4.65. The number of fused-ring (bicyclic) bond motifs is 1. The maximum Gasteiger partial charge on any atom is 0.339 e. The third-order valence-electron chi connectivity index (χ3n) is 3.60. The van der Waals surface area contributed by atoms with Crippen molar-refractivity contribution in [3.63, 3.8) is 0 Å².